The van der Waals surface area contributed by atoms with Crippen molar-refractivity contribution >= 4 is 46.5 Å². The van der Waals surface area contributed by atoms with Crippen molar-refractivity contribution in [3.8, 4) is 23.0 Å². The molecule has 0 saturated carbocycles. The van der Waals surface area contributed by atoms with Crippen molar-refractivity contribution < 1.29 is 47.6 Å². The molecule has 0 aliphatic rings. The fraction of sp³-hybridized carbons (Fsp3) is 0.188. The molecule has 224 valence electrons. The summed E-state index contributed by atoms with van der Waals surface area (Å²) in [6, 6.07) is 17.5. The minimum atomic E-state index is -0.566. The van der Waals surface area contributed by atoms with Gasteiger partial charge in [0.05, 0.1) is 41.1 Å². The molecule has 3 rings (SSSR count). The number of halogens is 1. The molecule has 0 saturated heterocycles. The van der Waals surface area contributed by atoms with Gasteiger partial charge in [-0.3, -0.25) is 0 Å². The highest BCUT2D eigenvalue weighted by molar-refractivity contribution is 14.1. The molecule has 0 radical (unpaired) electrons. The molecule has 0 heterocycles. The van der Waals surface area contributed by atoms with E-state index in [0.717, 1.165) is 12.2 Å². The van der Waals surface area contributed by atoms with E-state index in [2.05, 4.69) is 13.2 Å². The van der Waals surface area contributed by atoms with Gasteiger partial charge >= 0.3 is 23.9 Å². The maximum absolute atomic E-state index is 12.6. The zero-order valence-corrected chi connectivity index (χ0v) is 25.3. The maximum atomic E-state index is 12.6. The van der Waals surface area contributed by atoms with Crippen LogP contribution in [0, 0.1) is 3.57 Å². The van der Waals surface area contributed by atoms with Gasteiger partial charge in [-0.25, -0.2) is 19.2 Å². The summed E-state index contributed by atoms with van der Waals surface area (Å²) in [6.07, 6.45) is 3.21. The molecule has 0 amide bonds. The summed E-state index contributed by atoms with van der Waals surface area (Å²) in [5.74, 6) is -0.404. The predicted molar refractivity (Wildman–Crippen MR) is 164 cm³/mol. The van der Waals surface area contributed by atoms with E-state index in [9.17, 15) is 19.2 Å². The molecule has 0 aromatic heterocycles. The Balaban J connectivity index is 1.45. The average molecular weight is 700 g/mol. The third kappa shape index (κ3) is 11.3. The standard InChI is InChI=1S/C32H29IO10/c1-3-29(34)40-19-5-17-38-24-11-7-22(8-12-24)31(36)42-26-15-16-28(27(33)21-26)43-32(37)23-9-13-25(14-10-23)39-18-6-20-41-30(35)4-2/h3-4,7-16,21H,1-2,5-6,17-20H2. The normalized spacial score (nSPS) is 10.2. The Hall–Kier alpha value is -4.65. The van der Waals surface area contributed by atoms with E-state index in [1.165, 1.54) is 6.07 Å². The maximum Gasteiger partial charge on any atom is 0.343 e. The first-order valence-corrected chi connectivity index (χ1v) is 14.1. The minimum Gasteiger partial charge on any atom is -0.493 e. The van der Waals surface area contributed by atoms with Crippen molar-refractivity contribution in [1.29, 1.82) is 0 Å². The highest BCUT2D eigenvalue weighted by atomic mass is 127. The number of rotatable bonds is 16. The summed E-state index contributed by atoms with van der Waals surface area (Å²) in [7, 11) is 0. The molecule has 3 aromatic rings. The first-order chi connectivity index (χ1) is 20.8. The van der Waals surface area contributed by atoms with Gasteiger partial charge in [-0.05, 0) is 89.3 Å². The quantitative estimate of drug-likeness (QED) is 0.0603. The van der Waals surface area contributed by atoms with Crippen LogP contribution in [-0.4, -0.2) is 50.3 Å². The fourth-order valence-electron chi connectivity index (χ4n) is 3.29. The summed E-state index contributed by atoms with van der Waals surface area (Å²) >= 11 is 1.99. The van der Waals surface area contributed by atoms with Crippen molar-refractivity contribution in [3.05, 3.63) is 107 Å². The number of carbonyl (C=O) groups is 4. The second kappa shape index (κ2) is 17.3. The van der Waals surface area contributed by atoms with Gasteiger partial charge in [0.2, 0.25) is 0 Å². The summed E-state index contributed by atoms with van der Waals surface area (Å²) in [4.78, 5) is 47.3. The average Bonchev–Trinajstić information content (AvgIpc) is 3.02. The van der Waals surface area contributed by atoms with E-state index >= 15 is 0 Å². The van der Waals surface area contributed by atoms with Gasteiger partial charge in [0, 0.05) is 25.0 Å². The lowest BCUT2D eigenvalue weighted by molar-refractivity contribution is -0.138. The summed E-state index contributed by atoms with van der Waals surface area (Å²) in [5, 5.41) is 0. The Bertz CT molecular complexity index is 1430. The van der Waals surface area contributed by atoms with Crippen LogP contribution < -0.4 is 18.9 Å². The van der Waals surface area contributed by atoms with Gasteiger partial charge in [-0.15, -0.1) is 0 Å². The fourth-order valence-corrected chi connectivity index (χ4v) is 3.89. The van der Waals surface area contributed by atoms with Crippen molar-refractivity contribution in [2.75, 3.05) is 26.4 Å². The molecule has 0 fully saturated rings. The molecule has 0 aliphatic heterocycles. The number of hydrogen-bond acceptors (Lipinski definition) is 10. The number of esters is 4. The molecule has 11 heteroatoms. The van der Waals surface area contributed by atoms with Crippen molar-refractivity contribution in [2.24, 2.45) is 0 Å². The Kier molecular flexibility index (Phi) is 13.3. The lowest BCUT2D eigenvalue weighted by atomic mass is 10.2. The van der Waals surface area contributed by atoms with Gasteiger partial charge in [0.15, 0.2) is 0 Å². The molecule has 10 nitrogen and oxygen atoms in total. The molecule has 0 unspecified atom stereocenters. The molecule has 0 bridgehead atoms. The van der Waals surface area contributed by atoms with Crippen LogP contribution in [0.25, 0.3) is 0 Å². The molecule has 0 spiro atoms. The molecular weight excluding hydrogens is 671 g/mol. The number of ether oxygens (including phenoxy) is 6. The smallest absolute Gasteiger partial charge is 0.343 e. The van der Waals surface area contributed by atoms with Crippen molar-refractivity contribution in [2.45, 2.75) is 12.8 Å². The summed E-state index contributed by atoms with van der Waals surface area (Å²) < 4.78 is 32.5. The van der Waals surface area contributed by atoms with E-state index < -0.39 is 23.9 Å². The third-order valence-electron chi connectivity index (χ3n) is 5.43. The molecule has 0 aliphatic carbocycles. The second-order valence-corrected chi connectivity index (χ2v) is 9.73. The highest BCUT2D eigenvalue weighted by Gasteiger charge is 2.14. The topological polar surface area (TPSA) is 124 Å². The number of hydrogen-bond donors (Lipinski definition) is 0. The van der Waals surface area contributed by atoms with E-state index in [1.54, 1.807) is 60.7 Å². The number of benzene rings is 3. The van der Waals surface area contributed by atoms with Crippen LogP contribution in [0.3, 0.4) is 0 Å². The molecule has 0 N–H and O–H groups in total. The monoisotopic (exact) mass is 700 g/mol. The highest BCUT2D eigenvalue weighted by Crippen LogP contribution is 2.27. The molecule has 43 heavy (non-hydrogen) atoms. The SMILES string of the molecule is C=CC(=O)OCCCOc1ccc(C(=O)Oc2ccc(OC(=O)c3ccc(OCCCOC(=O)C=C)cc3)c(I)c2)cc1. The van der Waals surface area contributed by atoms with Gasteiger partial charge in [0.1, 0.15) is 23.0 Å². The van der Waals surface area contributed by atoms with Gasteiger partial charge in [-0.2, -0.15) is 0 Å². The van der Waals surface area contributed by atoms with Crippen LogP contribution in [0.4, 0.5) is 0 Å². The van der Waals surface area contributed by atoms with E-state index in [4.69, 9.17) is 28.4 Å². The zero-order chi connectivity index (χ0) is 31.0. The minimum absolute atomic E-state index is 0.217. The van der Waals surface area contributed by atoms with Crippen LogP contribution in [-0.2, 0) is 19.1 Å². The summed E-state index contributed by atoms with van der Waals surface area (Å²) in [5.41, 5.74) is 0.642. The molecule has 3 aromatic carbocycles. The van der Waals surface area contributed by atoms with Crippen LogP contribution in [0.2, 0.25) is 0 Å². The van der Waals surface area contributed by atoms with E-state index in [-0.39, 0.29) is 19.0 Å². The predicted octanol–water partition coefficient (Wildman–Crippen LogP) is 5.73. The van der Waals surface area contributed by atoms with E-state index in [0.29, 0.717) is 58.0 Å². The Labute approximate surface area is 262 Å². The van der Waals surface area contributed by atoms with Crippen LogP contribution in [0.5, 0.6) is 23.0 Å². The van der Waals surface area contributed by atoms with Crippen molar-refractivity contribution in [3.63, 3.8) is 0 Å². The lowest BCUT2D eigenvalue weighted by Gasteiger charge is -2.10. The second-order valence-electron chi connectivity index (χ2n) is 8.57. The summed E-state index contributed by atoms with van der Waals surface area (Å²) in [6.45, 7) is 7.76. The van der Waals surface area contributed by atoms with Gasteiger partial charge in [0.25, 0.3) is 0 Å². The Morgan fingerprint density at radius 1 is 0.605 bits per heavy atom. The Morgan fingerprint density at radius 3 is 1.49 bits per heavy atom. The van der Waals surface area contributed by atoms with Crippen LogP contribution >= 0.6 is 22.6 Å². The first kappa shape index (κ1) is 32.9. The lowest BCUT2D eigenvalue weighted by Crippen LogP contribution is -2.11. The first-order valence-electron chi connectivity index (χ1n) is 13.1. The van der Waals surface area contributed by atoms with Gasteiger partial charge in [-0.1, -0.05) is 13.2 Å². The zero-order valence-electron chi connectivity index (χ0n) is 23.1. The van der Waals surface area contributed by atoms with Crippen molar-refractivity contribution in [1.82, 2.24) is 0 Å². The van der Waals surface area contributed by atoms with Crippen LogP contribution in [0.1, 0.15) is 33.6 Å². The number of carbonyl (C=O) groups excluding carboxylic acids is 4. The Morgan fingerprint density at radius 2 is 1.05 bits per heavy atom. The van der Waals surface area contributed by atoms with Crippen LogP contribution in [0.15, 0.2) is 92.0 Å². The molecular formula is C32H29IO10. The van der Waals surface area contributed by atoms with E-state index in [1.807, 2.05) is 22.6 Å². The largest absolute Gasteiger partial charge is 0.493 e. The third-order valence-corrected chi connectivity index (χ3v) is 6.28. The molecule has 0 atom stereocenters. The van der Waals surface area contributed by atoms with Gasteiger partial charge < -0.3 is 28.4 Å².